The summed E-state index contributed by atoms with van der Waals surface area (Å²) in [5, 5.41) is 2.91. The summed E-state index contributed by atoms with van der Waals surface area (Å²) < 4.78 is 5.38. The smallest absolute Gasteiger partial charge is 0.255 e. The van der Waals surface area contributed by atoms with Crippen LogP contribution < -0.4 is 21.5 Å². The predicted octanol–water partition coefficient (Wildman–Crippen LogP) is 4.02. The molecule has 3 rings (SSSR count). The number of aryl methyl sites for hydroxylation is 1. The molecule has 1 fully saturated rings. The Hall–Kier alpha value is -2.34. The minimum absolute atomic E-state index is 0.147. The molecule has 0 heterocycles. The fourth-order valence-corrected chi connectivity index (χ4v) is 2.77. The van der Waals surface area contributed by atoms with E-state index in [1.54, 1.807) is 25.5 Å². The molecule has 1 amide bonds. The number of nitrogen functional groups attached to an aromatic ring is 2. The lowest BCUT2D eigenvalue weighted by atomic mass is 9.96. The van der Waals surface area contributed by atoms with Crippen molar-refractivity contribution < 1.29 is 9.53 Å². The van der Waals surface area contributed by atoms with Gasteiger partial charge in [0.05, 0.1) is 18.5 Å². The average molecular weight is 374 g/mol. The van der Waals surface area contributed by atoms with Crippen LogP contribution in [0.1, 0.15) is 41.3 Å². The fraction of sp³-hybridized carbons (Fsp3) is 0.350. The lowest BCUT2D eigenvalue weighted by Crippen LogP contribution is -2.15. The van der Waals surface area contributed by atoms with E-state index in [1.165, 1.54) is 0 Å². The summed E-state index contributed by atoms with van der Waals surface area (Å²) in [5.41, 5.74) is 16.4. The number of hydrogen-bond donors (Lipinski definition) is 4. The second-order valence-corrected chi connectivity index (χ2v) is 6.73. The first-order valence-electron chi connectivity index (χ1n) is 8.44. The Morgan fingerprint density at radius 3 is 2.35 bits per heavy atom. The molecule has 1 aliphatic carbocycles. The van der Waals surface area contributed by atoms with E-state index >= 15 is 0 Å². The van der Waals surface area contributed by atoms with Gasteiger partial charge in [-0.05, 0) is 66.8 Å². The molecule has 0 saturated heterocycles. The molecule has 5 nitrogen and oxygen atoms in total. The number of rotatable bonds is 4. The zero-order valence-electron chi connectivity index (χ0n) is 15.7. The van der Waals surface area contributed by atoms with Crippen LogP contribution in [-0.2, 0) is 5.41 Å². The summed E-state index contributed by atoms with van der Waals surface area (Å²) in [7, 11) is 1.55. The Balaban J connectivity index is 0.00000117. The highest BCUT2D eigenvalue weighted by atomic mass is 32.1. The van der Waals surface area contributed by atoms with Crippen LogP contribution in [0.15, 0.2) is 30.3 Å². The summed E-state index contributed by atoms with van der Waals surface area (Å²) in [4.78, 5) is 12.6. The van der Waals surface area contributed by atoms with Gasteiger partial charge in [-0.25, -0.2) is 0 Å². The van der Waals surface area contributed by atoms with Gasteiger partial charge in [0.25, 0.3) is 5.91 Å². The van der Waals surface area contributed by atoms with Gasteiger partial charge in [0.2, 0.25) is 0 Å². The molecule has 0 aromatic heterocycles. The number of methoxy groups -OCH3 is 1. The largest absolute Gasteiger partial charge is 0.492 e. The van der Waals surface area contributed by atoms with Crippen LogP contribution in [0.5, 0.6) is 5.75 Å². The Bertz CT molecular complexity index is 817. The van der Waals surface area contributed by atoms with Crippen LogP contribution in [0.3, 0.4) is 0 Å². The van der Waals surface area contributed by atoms with Gasteiger partial charge in [-0.2, -0.15) is 12.6 Å². The first kappa shape index (κ1) is 20.0. The van der Waals surface area contributed by atoms with Crippen LogP contribution >= 0.6 is 12.6 Å². The quantitative estimate of drug-likeness (QED) is 0.481. The number of amides is 1. The van der Waals surface area contributed by atoms with Crippen molar-refractivity contribution in [2.45, 2.75) is 32.1 Å². The van der Waals surface area contributed by atoms with Crippen molar-refractivity contribution in [3.8, 4) is 5.75 Å². The van der Waals surface area contributed by atoms with Gasteiger partial charge in [0.15, 0.2) is 5.75 Å². The number of nitrogens with two attached hydrogens (primary N) is 2. The normalized spacial score (nSPS) is 14.0. The van der Waals surface area contributed by atoms with E-state index in [2.05, 4.69) is 24.9 Å². The van der Waals surface area contributed by atoms with Crippen LogP contribution in [0.2, 0.25) is 0 Å². The monoisotopic (exact) mass is 373 g/mol. The molecule has 2 aromatic carbocycles. The number of anilines is 3. The molecule has 140 valence electrons. The van der Waals surface area contributed by atoms with E-state index < -0.39 is 0 Å². The summed E-state index contributed by atoms with van der Waals surface area (Å²) >= 11 is 3.53. The Morgan fingerprint density at radius 1 is 1.15 bits per heavy atom. The zero-order chi connectivity index (χ0) is 19.5. The number of carbonyl (C=O) groups is 1. The van der Waals surface area contributed by atoms with E-state index in [1.807, 2.05) is 25.1 Å². The number of carbonyl (C=O) groups excluding carboxylic acids is 1. The van der Waals surface area contributed by atoms with Crippen molar-refractivity contribution in [1.29, 1.82) is 0 Å². The van der Waals surface area contributed by atoms with E-state index in [9.17, 15) is 4.79 Å². The number of benzene rings is 2. The average Bonchev–Trinajstić information content (AvgIpc) is 3.37. The van der Waals surface area contributed by atoms with Crippen molar-refractivity contribution in [3.63, 3.8) is 0 Å². The second-order valence-electron chi connectivity index (χ2n) is 6.73. The second kappa shape index (κ2) is 7.91. The Labute approximate surface area is 160 Å². The van der Waals surface area contributed by atoms with E-state index in [0.717, 1.165) is 24.0 Å². The molecule has 26 heavy (non-hydrogen) atoms. The van der Waals surface area contributed by atoms with Crippen LogP contribution in [-0.4, -0.2) is 19.3 Å². The molecule has 0 unspecified atom stereocenters. The van der Waals surface area contributed by atoms with E-state index in [0.29, 0.717) is 28.4 Å². The molecule has 2 aromatic rings. The maximum Gasteiger partial charge on any atom is 0.255 e. The van der Waals surface area contributed by atoms with Crippen molar-refractivity contribution in [2.75, 3.05) is 30.1 Å². The highest BCUT2D eigenvalue weighted by molar-refractivity contribution is 7.79. The highest BCUT2D eigenvalue weighted by Crippen LogP contribution is 2.50. The lowest BCUT2D eigenvalue weighted by molar-refractivity contribution is 0.102. The summed E-state index contributed by atoms with van der Waals surface area (Å²) in [5.74, 6) is 0.244. The van der Waals surface area contributed by atoms with E-state index in [-0.39, 0.29) is 11.3 Å². The molecular formula is C20H27N3O2S. The summed E-state index contributed by atoms with van der Waals surface area (Å²) in [6.07, 6.45) is 3.95. The van der Waals surface area contributed by atoms with Crippen LogP contribution in [0.4, 0.5) is 17.1 Å². The van der Waals surface area contributed by atoms with Crippen LogP contribution in [0, 0.1) is 6.92 Å². The molecule has 1 aliphatic rings. The van der Waals surface area contributed by atoms with Gasteiger partial charge in [0.1, 0.15) is 0 Å². The SMILES string of the molecule is COc1c(N)cc(C2(C)CC2)cc1NC(=O)c1ccc(C)c(N)c1.CS. The Kier molecular flexibility index (Phi) is 6.08. The van der Waals surface area contributed by atoms with Crippen molar-refractivity contribution in [2.24, 2.45) is 0 Å². The molecule has 6 heteroatoms. The maximum atomic E-state index is 12.6. The fourth-order valence-electron chi connectivity index (χ4n) is 2.77. The minimum Gasteiger partial charge on any atom is -0.492 e. The van der Waals surface area contributed by atoms with Gasteiger partial charge in [-0.1, -0.05) is 13.0 Å². The van der Waals surface area contributed by atoms with Gasteiger partial charge in [0, 0.05) is 11.3 Å². The maximum absolute atomic E-state index is 12.6. The minimum atomic E-state index is -0.238. The van der Waals surface area contributed by atoms with E-state index in [4.69, 9.17) is 16.2 Å². The van der Waals surface area contributed by atoms with Gasteiger partial charge in [-0.3, -0.25) is 4.79 Å². The van der Waals surface area contributed by atoms with Gasteiger partial charge in [-0.15, -0.1) is 0 Å². The third-order valence-electron chi connectivity index (χ3n) is 4.81. The molecule has 0 atom stereocenters. The summed E-state index contributed by atoms with van der Waals surface area (Å²) in [6, 6.07) is 9.15. The lowest BCUT2D eigenvalue weighted by Gasteiger charge is -2.17. The molecule has 0 aliphatic heterocycles. The third-order valence-corrected chi connectivity index (χ3v) is 4.81. The van der Waals surface area contributed by atoms with Crippen molar-refractivity contribution in [3.05, 3.63) is 47.0 Å². The molecule has 0 bridgehead atoms. The number of ether oxygens (including phenoxy) is 1. The molecule has 0 spiro atoms. The van der Waals surface area contributed by atoms with Gasteiger partial charge < -0.3 is 21.5 Å². The third kappa shape index (κ3) is 4.07. The van der Waals surface area contributed by atoms with Crippen molar-refractivity contribution in [1.82, 2.24) is 0 Å². The highest BCUT2D eigenvalue weighted by Gasteiger charge is 2.39. The molecule has 0 radical (unpaired) electrons. The first-order valence-corrected chi connectivity index (χ1v) is 9.34. The zero-order valence-corrected chi connectivity index (χ0v) is 16.6. The molecule has 1 saturated carbocycles. The number of nitrogens with one attached hydrogen (secondary N) is 1. The number of hydrogen-bond acceptors (Lipinski definition) is 5. The first-order chi connectivity index (χ1) is 12.3. The molecular weight excluding hydrogens is 346 g/mol. The predicted molar refractivity (Wildman–Crippen MR) is 112 cm³/mol. The molecule has 5 N–H and O–H groups in total. The van der Waals surface area contributed by atoms with Crippen molar-refractivity contribution >= 4 is 35.6 Å². The van der Waals surface area contributed by atoms with Gasteiger partial charge >= 0.3 is 0 Å². The Morgan fingerprint density at radius 2 is 1.81 bits per heavy atom. The number of thiol groups is 1. The topological polar surface area (TPSA) is 90.4 Å². The standard InChI is InChI=1S/C19H23N3O2.CH4S/c1-11-4-5-12(8-14(11)20)18(23)22-16-10-13(19(2)6-7-19)9-15(21)17(16)24-3;1-2/h4-5,8-10H,6-7,20-21H2,1-3H3,(H,22,23);2H,1H3. The van der Waals surface area contributed by atoms with Crippen LogP contribution in [0.25, 0.3) is 0 Å². The summed E-state index contributed by atoms with van der Waals surface area (Å²) in [6.45, 7) is 4.10.